The Hall–Kier alpha value is -2.66. The molecule has 2 saturated heterocycles. The molecule has 2 aromatic carbocycles. The molecular formula is C29H41N3O6S. The van der Waals surface area contributed by atoms with Crippen LogP contribution in [0.5, 0.6) is 11.5 Å². The van der Waals surface area contributed by atoms with Gasteiger partial charge in [-0.05, 0) is 42.4 Å². The molecule has 9 nitrogen and oxygen atoms in total. The molecule has 1 amide bonds. The van der Waals surface area contributed by atoms with Gasteiger partial charge >= 0.3 is 0 Å². The smallest absolute Gasteiger partial charge is 0.243 e. The highest BCUT2D eigenvalue weighted by Crippen LogP contribution is 2.36. The van der Waals surface area contributed by atoms with Crippen LogP contribution < -0.4 is 9.47 Å². The highest BCUT2D eigenvalue weighted by atomic mass is 32.2. The fourth-order valence-corrected chi connectivity index (χ4v) is 7.14. The van der Waals surface area contributed by atoms with Crippen molar-refractivity contribution in [1.29, 1.82) is 0 Å². The fourth-order valence-electron chi connectivity index (χ4n) is 5.46. The van der Waals surface area contributed by atoms with E-state index in [0.29, 0.717) is 55.6 Å². The minimum absolute atomic E-state index is 0.0791. The molecule has 2 aliphatic rings. The third-order valence-corrected chi connectivity index (χ3v) is 9.97. The molecule has 0 spiro atoms. The second kappa shape index (κ2) is 12.7. The van der Waals surface area contributed by atoms with Crippen molar-refractivity contribution < 1.29 is 27.8 Å². The second-order valence-corrected chi connectivity index (χ2v) is 12.6. The van der Waals surface area contributed by atoms with E-state index in [-0.39, 0.29) is 29.4 Å². The monoisotopic (exact) mass is 559 g/mol. The maximum absolute atomic E-state index is 13.8. The van der Waals surface area contributed by atoms with Crippen LogP contribution in [0.15, 0.2) is 47.4 Å². The van der Waals surface area contributed by atoms with Crippen LogP contribution >= 0.6 is 0 Å². The summed E-state index contributed by atoms with van der Waals surface area (Å²) < 4.78 is 40.1. The van der Waals surface area contributed by atoms with Crippen molar-refractivity contribution in [2.45, 2.75) is 49.6 Å². The average molecular weight is 560 g/mol. The number of piperidine rings is 1. The van der Waals surface area contributed by atoms with Crippen molar-refractivity contribution in [3.05, 3.63) is 53.6 Å². The summed E-state index contributed by atoms with van der Waals surface area (Å²) in [6.07, 6.45) is 1.84. The standard InChI is InChI=1S/C29H41N3O6S/c1-21-10-14-32(15-11-21)39(35,36)28-18-27(38-4)26(37-3)16-23(28)17-29(34)30(2)25(22-8-6-5-7-9-22)20-31-13-12-24(33)19-31/h5-9,16,18,21,24-25,33H,10-15,17,19-20H2,1-4H3/t24?,25-/m1/s1. The Balaban J connectivity index is 1.65. The Kier molecular flexibility index (Phi) is 9.53. The number of carbonyl (C=O) groups excluding carboxylic acids is 1. The SMILES string of the molecule is COc1cc(CC(=O)N(C)[C@H](CN2CCC(O)C2)c2ccccc2)c(S(=O)(=O)N2CCC(C)CC2)cc1OC. The molecule has 0 bridgehead atoms. The number of nitrogens with zero attached hydrogens (tertiary/aromatic N) is 3. The van der Waals surface area contributed by atoms with E-state index in [9.17, 15) is 18.3 Å². The first kappa shape index (κ1) is 29.3. The molecule has 39 heavy (non-hydrogen) atoms. The van der Waals surface area contributed by atoms with Gasteiger partial charge < -0.3 is 19.5 Å². The van der Waals surface area contributed by atoms with Gasteiger partial charge in [0.2, 0.25) is 15.9 Å². The van der Waals surface area contributed by atoms with E-state index in [4.69, 9.17) is 9.47 Å². The van der Waals surface area contributed by atoms with E-state index in [1.54, 1.807) is 18.0 Å². The Bertz CT molecular complexity index is 1230. The first-order valence-electron chi connectivity index (χ1n) is 13.6. The summed E-state index contributed by atoms with van der Waals surface area (Å²) in [4.78, 5) is 17.7. The highest BCUT2D eigenvalue weighted by molar-refractivity contribution is 7.89. The lowest BCUT2D eigenvalue weighted by Gasteiger charge is -2.33. The molecule has 2 heterocycles. The second-order valence-electron chi connectivity index (χ2n) is 10.7. The Morgan fingerprint density at radius 3 is 2.28 bits per heavy atom. The van der Waals surface area contributed by atoms with E-state index < -0.39 is 10.0 Å². The van der Waals surface area contributed by atoms with Crippen LogP contribution in [-0.2, 0) is 21.2 Å². The van der Waals surface area contributed by atoms with Crippen LogP contribution in [0.4, 0.5) is 0 Å². The fraction of sp³-hybridized carbons (Fsp3) is 0.552. The van der Waals surface area contributed by atoms with Gasteiger partial charge in [0.25, 0.3) is 0 Å². The normalized spacial score (nSPS) is 20.1. The maximum Gasteiger partial charge on any atom is 0.243 e. The summed E-state index contributed by atoms with van der Waals surface area (Å²) in [5, 5.41) is 10.0. The molecule has 2 aromatic rings. The number of carbonyl (C=O) groups is 1. The molecule has 2 atom stereocenters. The lowest BCUT2D eigenvalue weighted by molar-refractivity contribution is -0.131. The van der Waals surface area contributed by atoms with Crippen LogP contribution in [0.1, 0.15) is 43.4 Å². The molecule has 2 fully saturated rings. The van der Waals surface area contributed by atoms with Crippen LogP contribution in [0, 0.1) is 5.92 Å². The molecular weight excluding hydrogens is 518 g/mol. The number of sulfonamides is 1. The molecule has 1 N–H and O–H groups in total. The summed E-state index contributed by atoms with van der Waals surface area (Å²) in [5.74, 6) is 0.948. The number of likely N-dealkylation sites (N-methyl/N-ethyl adjacent to an activating group) is 1. The van der Waals surface area contributed by atoms with Crippen LogP contribution in [0.2, 0.25) is 0 Å². The molecule has 1 unspecified atom stereocenters. The van der Waals surface area contributed by atoms with Gasteiger partial charge in [-0.3, -0.25) is 9.69 Å². The summed E-state index contributed by atoms with van der Waals surface area (Å²) in [7, 11) is 0.865. The van der Waals surface area contributed by atoms with Crippen molar-refractivity contribution in [2.75, 3.05) is 54.0 Å². The number of methoxy groups -OCH3 is 2. The van der Waals surface area contributed by atoms with Gasteiger partial charge in [-0.1, -0.05) is 37.3 Å². The molecule has 4 rings (SSSR count). The van der Waals surface area contributed by atoms with E-state index in [1.165, 1.54) is 24.6 Å². The topological polar surface area (TPSA) is 99.6 Å². The zero-order valence-electron chi connectivity index (χ0n) is 23.4. The van der Waals surface area contributed by atoms with Crippen molar-refractivity contribution in [3.8, 4) is 11.5 Å². The van der Waals surface area contributed by atoms with Crippen molar-refractivity contribution in [3.63, 3.8) is 0 Å². The van der Waals surface area contributed by atoms with Gasteiger partial charge in [0.15, 0.2) is 11.5 Å². The van der Waals surface area contributed by atoms with Crippen molar-refractivity contribution in [1.82, 2.24) is 14.1 Å². The lowest BCUT2D eigenvalue weighted by atomic mass is 10.0. The first-order valence-corrected chi connectivity index (χ1v) is 15.0. The van der Waals surface area contributed by atoms with Crippen LogP contribution in [0.25, 0.3) is 0 Å². The molecule has 0 aliphatic carbocycles. The first-order chi connectivity index (χ1) is 18.6. The summed E-state index contributed by atoms with van der Waals surface area (Å²) >= 11 is 0. The molecule has 10 heteroatoms. The van der Waals surface area contributed by atoms with Crippen LogP contribution in [0.3, 0.4) is 0 Å². The largest absolute Gasteiger partial charge is 0.493 e. The number of hydrogen-bond acceptors (Lipinski definition) is 7. The Labute approximate surface area is 232 Å². The van der Waals surface area contributed by atoms with Gasteiger partial charge in [-0.15, -0.1) is 0 Å². The number of aliphatic hydroxyl groups is 1. The Morgan fingerprint density at radius 1 is 1.05 bits per heavy atom. The summed E-state index contributed by atoms with van der Waals surface area (Å²) in [6, 6.07) is 12.6. The average Bonchev–Trinajstić information content (AvgIpc) is 3.36. The zero-order chi connectivity index (χ0) is 28.2. The number of amides is 1. The number of benzene rings is 2. The molecule has 2 aliphatic heterocycles. The number of likely N-dealkylation sites (tertiary alicyclic amines) is 1. The van der Waals surface area contributed by atoms with Crippen molar-refractivity contribution >= 4 is 15.9 Å². The predicted octanol–water partition coefficient (Wildman–Crippen LogP) is 2.93. The maximum atomic E-state index is 13.8. The van der Waals surface area contributed by atoms with Gasteiger partial charge in [0.1, 0.15) is 0 Å². The number of β-amino-alcohol motifs (C(OH)–C–C–N with tert-alkyl or cyclic N) is 1. The summed E-state index contributed by atoms with van der Waals surface area (Å²) in [5.41, 5.74) is 1.36. The molecule has 0 radical (unpaired) electrons. The zero-order valence-corrected chi connectivity index (χ0v) is 24.2. The van der Waals surface area contributed by atoms with Gasteiger partial charge in [0.05, 0.1) is 37.7 Å². The Morgan fingerprint density at radius 2 is 1.69 bits per heavy atom. The van der Waals surface area contributed by atoms with E-state index in [0.717, 1.165) is 24.9 Å². The quantitative estimate of drug-likeness (QED) is 0.478. The number of hydrogen-bond donors (Lipinski definition) is 1. The number of ether oxygens (including phenoxy) is 2. The molecule has 214 valence electrons. The third-order valence-electron chi connectivity index (χ3n) is 7.99. The molecule has 0 saturated carbocycles. The van der Waals surface area contributed by atoms with Gasteiger partial charge in [-0.2, -0.15) is 4.31 Å². The number of rotatable bonds is 10. The summed E-state index contributed by atoms with van der Waals surface area (Å²) in [6.45, 7) is 4.93. The highest BCUT2D eigenvalue weighted by Gasteiger charge is 2.33. The van der Waals surface area contributed by atoms with E-state index in [1.807, 2.05) is 30.3 Å². The van der Waals surface area contributed by atoms with Crippen molar-refractivity contribution in [2.24, 2.45) is 5.92 Å². The van der Waals surface area contributed by atoms with Gasteiger partial charge in [0, 0.05) is 45.8 Å². The minimum Gasteiger partial charge on any atom is -0.493 e. The predicted molar refractivity (Wildman–Crippen MR) is 149 cm³/mol. The number of aliphatic hydroxyl groups excluding tert-OH is 1. The molecule has 0 aromatic heterocycles. The third kappa shape index (κ3) is 6.74. The van der Waals surface area contributed by atoms with E-state index in [2.05, 4.69) is 11.8 Å². The lowest BCUT2D eigenvalue weighted by Crippen LogP contribution is -2.40. The minimum atomic E-state index is -3.85. The van der Waals surface area contributed by atoms with E-state index >= 15 is 0 Å². The van der Waals surface area contributed by atoms with Crippen LogP contribution in [-0.4, -0.2) is 93.6 Å². The van der Waals surface area contributed by atoms with Gasteiger partial charge in [-0.25, -0.2) is 8.42 Å².